The average Bonchev–Trinajstić information content (AvgIpc) is 2.50. The van der Waals surface area contributed by atoms with Gasteiger partial charge in [-0.25, -0.2) is 0 Å². The Balaban J connectivity index is 2.13. The van der Waals surface area contributed by atoms with Crippen LogP contribution < -0.4 is 0 Å². The van der Waals surface area contributed by atoms with E-state index in [1.807, 2.05) is 26.0 Å². The summed E-state index contributed by atoms with van der Waals surface area (Å²) in [6.07, 6.45) is 3.86. The Morgan fingerprint density at radius 2 is 2.22 bits per heavy atom. The van der Waals surface area contributed by atoms with Crippen LogP contribution in [0.2, 0.25) is 0 Å². The van der Waals surface area contributed by atoms with Gasteiger partial charge in [0.15, 0.2) is 0 Å². The molecule has 0 spiro atoms. The Morgan fingerprint density at radius 3 is 2.94 bits per heavy atom. The summed E-state index contributed by atoms with van der Waals surface area (Å²) in [7, 11) is 0. The molecule has 1 aliphatic heterocycles. The topological polar surface area (TPSA) is 53.4 Å². The molecular formula is C14H20N2O2. The average molecular weight is 248 g/mol. The summed E-state index contributed by atoms with van der Waals surface area (Å²) in [6.45, 7) is 5.04. The summed E-state index contributed by atoms with van der Waals surface area (Å²) in [4.78, 5) is 18.3. The summed E-state index contributed by atoms with van der Waals surface area (Å²) in [6, 6.07) is 3.73. The molecule has 1 fully saturated rings. The molecule has 1 N–H and O–H groups in total. The van der Waals surface area contributed by atoms with Gasteiger partial charge in [-0.1, -0.05) is 6.07 Å². The largest absolute Gasteiger partial charge is 0.390 e. The van der Waals surface area contributed by atoms with Crippen molar-refractivity contribution in [3.05, 3.63) is 29.6 Å². The molecule has 4 nitrogen and oxygen atoms in total. The second-order valence-electron chi connectivity index (χ2n) is 5.31. The second-order valence-corrected chi connectivity index (χ2v) is 5.31. The van der Waals surface area contributed by atoms with Crippen molar-refractivity contribution in [2.24, 2.45) is 0 Å². The van der Waals surface area contributed by atoms with E-state index in [1.54, 1.807) is 11.1 Å². The molecule has 18 heavy (non-hydrogen) atoms. The molecule has 0 aromatic carbocycles. The van der Waals surface area contributed by atoms with E-state index in [0.717, 1.165) is 18.4 Å². The van der Waals surface area contributed by atoms with Gasteiger partial charge in [0.2, 0.25) is 0 Å². The minimum Gasteiger partial charge on any atom is -0.390 e. The number of likely N-dealkylation sites (tertiary alicyclic amines) is 1. The number of carbonyl (C=O) groups excluding carboxylic acids is 1. The third-order valence-electron chi connectivity index (χ3n) is 3.56. The van der Waals surface area contributed by atoms with E-state index in [9.17, 15) is 9.90 Å². The van der Waals surface area contributed by atoms with E-state index in [0.29, 0.717) is 25.2 Å². The number of pyridine rings is 1. The van der Waals surface area contributed by atoms with E-state index < -0.39 is 5.60 Å². The van der Waals surface area contributed by atoms with Gasteiger partial charge in [0.05, 0.1) is 5.60 Å². The number of aryl methyl sites for hydroxylation is 1. The zero-order valence-electron chi connectivity index (χ0n) is 11.0. The normalized spacial score (nSPS) is 24.7. The molecule has 1 aliphatic rings. The SMILES string of the molecule is Cc1cccnc1C(=O)N1CCCC(C)(O)CC1. The lowest BCUT2D eigenvalue weighted by atomic mass is 9.98. The van der Waals surface area contributed by atoms with Gasteiger partial charge in [0.25, 0.3) is 5.91 Å². The van der Waals surface area contributed by atoms with Gasteiger partial charge in [-0.3, -0.25) is 9.78 Å². The smallest absolute Gasteiger partial charge is 0.272 e. The lowest BCUT2D eigenvalue weighted by molar-refractivity contribution is 0.0437. The van der Waals surface area contributed by atoms with Crippen molar-refractivity contribution in [1.29, 1.82) is 0 Å². The minimum absolute atomic E-state index is 0.0224. The first-order valence-corrected chi connectivity index (χ1v) is 6.43. The fourth-order valence-electron chi connectivity index (χ4n) is 2.33. The molecular weight excluding hydrogens is 228 g/mol. The standard InChI is InChI=1S/C14H20N2O2/c1-11-5-3-8-15-12(11)13(17)16-9-4-6-14(2,18)7-10-16/h3,5,8,18H,4,6-7,9-10H2,1-2H3. The Bertz CT molecular complexity index is 443. The van der Waals surface area contributed by atoms with Crippen molar-refractivity contribution in [1.82, 2.24) is 9.88 Å². The molecule has 0 saturated carbocycles. The molecule has 1 amide bonds. The second kappa shape index (κ2) is 5.06. The predicted octanol–water partition coefficient (Wildman–Crippen LogP) is 1.77. The van der Waals surface area contributed by atoms with E-state index >= 15 is 0 Å². The van der Waals surface area contributed by atoms with Crippen LogP contribution in [0.4, 0.5) is 0 Å². The molecule has 98 valence electrons. The molecule has 0 aliphatic carbocycles. The molecule has 0 bridgehead atoms. The quantitative estimate of drug-likeness (QED) is 0.824. The van der Waals surface area contributed by atoms with Gasteiger partial charge in [-0.2, -0.15) is 0 Å². The summed E-state index contributed by atoms with van der Waals surface area (Å²) < 4.78 is 0. The van der Waals surface area contributed by atoms with Crippen LogP contribution in [0, 0.1) is 6.92 Å². The third-order valence-corrected chi connectivity index (χ3v) is 3.56. The summed E-state index contributed by atoms with van der Waals surface area (Å²) in [5.41, 5.74) is 0.784. The van der Waals surface area contributed by atoms with Crippen molar-refractivity contribution in [3.8, 4) is 0 Å². The zero-order valence-corrected chi connectivity index (χ0v) is 11.0. The monoisotopic (exact) mass is 248 g/mol. The van der Waals surface area contributed by atoms with Crippen molar-refractivity contribution < 1.29 is 9.90 Å². The number of amides is 1. The van der Waals surface area contributed by atoms with Gasteiger partial charge in [-0.05, 0) is 44.7 Å². The lowest BCUT2D eigenvalue weighted by Gasteiger charge is -2.22. The highest BCUT2D eigenvalue weighted by atomic mass is 16.3. The maximum absolute atomic E-state index is 12.4. The first-order chi connectivity index (χ1) is 8.49. The molecule has 1 unspecified atom stereocenters. The molecule has 0 radical (unpaired) electrons. The summed E-state index contributed by atoms with van der Waals surface area (Å²) >= 11 is 0. The lowest BCUT2D eigenvalue weighted by Crippen LogP contribution is -2.34. The molecule has 1 aromatic rings. The van der Waals surface area contributed by atoms with Crippen LogP contribution in [0.1, 0.15) is 42.2 Å². The van der Waals surface area contributed by atoms with Crippen molar-refractivity contribution >= 4 is 5.91 Å². The maximum Gasteiger partial charge on any atom is 0.272 e. The van der Waals surface area contributed by atoms with Crippen LogP contribution in [-0.4, -0.2) is 39.6 Å². The number of aliphatic hydroxyl groups is 1. The van der Waals surface area contributed by atoms with E-state index in [-0.39, 0.29) is 5.91 Å². The van der Waals surface area contributed by atoms with Crippen LogP contribution in [0.15, 0.2) is 18.3 Å². The van der Waals surface area contributed by atoms with E-state index in [4.69, 9.17) is 0 Å². The van der Waals surface area contributed by atoms with Crippen LogP contribution in [0.3, 0.4) is 0 Å². The number of rotatable bonds is 1. The Hall–Kier alpha value is -1.42. The molecule has 1 saturated heterocycles. The Kier molecular flexibility index (Phi) is 3.66. The van der Waals surface area contributed by atoms with Crippen molar-refractivity contribution in [2.45, 2.75) is 38.7 Å². The van der Waals surface area contributed by atoms with E-state index in [2.05, 4.69) is 4.98 Å². The molecule has 2 heterocycles. The molecule has 1 atom stereocenters. The van der Waals surface area contributed by atoms with Crippen molar-refractivity contribution in [3.63, 3.8) is 0 Å². The zero-order chi connectivity index (χ0) is 13.2. The van der Waals surface area contributed by atoms with Gasteiger partial charge in [0.1, 0.15) is 5.69 Å². The van der Waals surface area contributed by atoms with Gasteiger partial charge < -0.3 is 10.0 Å². The van der Waals surface area contributed by atoms with Gasteiger partial charge in [0, 0.05) is 19.3 Å². The molecule has 4 heteroatoms. The number of hydrogen-bond acceptors (Lipinski definition) is 3. The van der Waals surface area contributed by atoms with Crippen LogP contribution >= 0.6 is 0 Å². The Morgan fingerprint density at radius 1 is 1.44 bits per heavy atom. The summed E-state index contributed by atoms with van der Waals surface area (Å²) in [5.74, 6) is -0.0224. The van der Waals surface area contributed by atoms with Gasteiger partial charge in [-0.15, -0.1) is 0 Å². The predicted molar refractivity (Wildman–Crippen MR) is 69.4 cm³/mol. The number of nitrogens with zero attached hydrogens (tertiary/aromatic N) is 2. The fourth-order valence-corrected chi connectivity index (χ4v) is 2.33. The van der Waals surface area contributed by atoms with Crippen molar-refractivity contribution in [2.75, 3.05) is 13.1 Å². The third kappa shape index (κ3) is 2.88. The highest BCUT2D eigenvalue weighted by Gasteiger charge is 2.28. The number of hydrogen-bond donors (Lipinski definition) is 1. The first kappa shape index (κ1) is 13.0. The first-order valence-electron chi connectivity index (χ1n) is 6.43. The molecule has 1 aromatic heterocycles. The fraction of sp³-hybridized carbons (Fsp3) is 0.571. The number of carbonyl (C=O) groups is 1. The highest BCUT2D eigenvalue weighted by Crippen LogP contribution is 2.22. The Labute approximate surface area is 108 Å². The van der Waals surface area contributed by atoms with Crippen LogP contribution in [-0.2, 0) is 0 Å². The van der Waals surface area contributed by atoms with E-state index in [1.165, 1.54) is 0 Å². The maximum atomic E-state index is 12.4. The highest BCUT2D eigenvalue weighted by molar-refractivity contribution is 5.93. The van der Waals surface area contributed by atoms with Crippen LogP contribution in [0.5, 0.6) is 0 Å². The summed E-state index contributed by atoms with van der Waals surface area (Å²) in [5, 5.41) is 10.0. The number of aromatic nitrogens is 1. The van der Waals surface area contributed by atoms with Crippen LogP contribution in [0.25, 0.3) is 0 Å². The minimum atomic E-state index is -0.645. The molecule has 2 rings (SSSR count). The van der Waals surface area contributed by atoms with Gasteiger partial charge >= 0.3 is 0 Å².